The number of carbonyl (C=O) groups excluding carboxylic acids is 1. The van der Waals surface area contributed by atoms with Crippen molar-refractivity contribution in [2.24, 2.45) is 0 Å². The van der Waals surface area contributed by atoms with Crippen LogP contribution in [0.4, 0.5) is 4.39 Å². The van der Waals surface area contributed by atoms with E-state index in [1.807, 2.05) is 59.7 Å². The van der Waals surface area contributed by atoms with Gasteiger partial charge in [0.15, 0.2) is 0 Å². The van der Waals surface area contributed by atoms with Gasteiger partial charge in [-0.25, -0.2) is 9.37 Å². The minimum Gasteiger partial charge on any atom is -0.497 e. The van der Waals surface area contributed by atoms with Crippen molar-refractivity contribution in [3.05, 3.63) is 82.9 Å². The Morgan fingerprint density at radius 2 is 1.64 bits per heavy atom. The molecular formula is C29H30FN3O3. The van der Waals surface area contributed by atoms with E-state index in [-0.39, 0.29) is 17.8 Å². The highest BCUT2D eigenvalue weighted by molar-refractivity contribution is 5.97. The lowest BCUT2D eigenvalue weighted by Gasteiger charge is -2.36. The largest absolute Gasteiger partial charge is 0.497 e. The highest BCUT2D eigenvalue weighted by Gasteiger charge is 2.34. The molecule has 3 aromatic carbocycles. The van der Waals surface area contributed by atoms with Crippen molar-refractivity contribution >= 4 is 16.9 Å². The number of benzene rings is 3. The number of carbonyl (C=O) groups is 1. The summed E-state index contributed by atoms with van der Waals surface area (Å²) in [6.07, 6.45) is 2.69. The summed E-state index contributed by atoms with van der Waals surface area (Å²) in [4.78, 5) is 20.8. The van der Waals surface area contributed by atoms with Gasteiger partial charge in [0.05, 0.1) is 31.3 Å². The third-order valence-corrected chi connectivity index (χ3v) is 6.99. The molecule has 1 amide bonds. The zero-order valence-electron chi connectivity index (χ0n) is 21.0. The second-order valence-corrected chi connectivity index (χ2v) is 9.28. The normalized spacial score (nSPS) is 15.8. The molecule has 0 radical (unpaired) electrons. The van der Waals surface area contributed by atoms with Crippen LogP contribution >= 0.6 is 0 Å². The van der Waals surface area contributed by atoms with Gasteiger partial charge in [-0.15, -0.1) is 0 Å². The second-order valence-electron chi connectivity index (χ2n) is 9.28. The summed E-state index contributed by atoms with van der Waals surface area (Å²) in [6, 6.07) is 15.9. The van der Waals surface area contributed by atoms with E-state index in [2.05, 4.69) is 0 Å². The third-order valence-electron chi connectivity index (χ3n) is 6.99. The first-order chi connectivity index (χ1) is 17.4. The topological polar surface area (TPSA) is 56.6 Å². The molecule has 0 saturated carbocycles. The van der Waals surface area contributed by atoms with Crippen molar-refractivity contribution in [3.8, 4) is 17.2 Å². The van der Waals surface area contributed by atoms with E-state index in [1.54, 1.807) is 20.3 Å². The maximum atomic E-state index is 14.2. The van der Waals surface area contributed by atoms with Crippen LogP contribution in [0.25, 0.3) is 16.7 Å². The predicted molar refractivity (Wildman–Crippen MR) is 138 cm³/mol. The van der Waals surface area contributed by atoms with Crippen LogP contribution < -0.4 is 9.47 Å². The number of hydrogen-bond donors (Lipinski definition) is 0. The Hall–Kier alpha value is -3.87. The molecule has 0 spiro atoms. The average Bonchev–Trinajstić information content (AvgIpc) is 3.26. The molecular weight excluding hydrogens is 457 g/mol. The van der Waals surface area contributed by atoms with Gasteiger partial charge in [-0.05, 0) is 92.8 Å². The maximum Gasteiger partial charge on any atom is 0.255 e. The molecule has 0 bridgehead atoms. The second kappa shape index (κ2) is 9.64. The number of imidazole rings is 1. The quantitative estimate of drug-likeness (QED) is 0.338. The van der Waals surface area contributed by atoms with Crippen LogP contribution in [0.3, 0.4) is 0 Å². The fraction of sp³-hybridized carbons (Fsp3) is 0.310. The first kappa shape index (κ1) is 23.9. The number of piperidine rings is 1. The molecule has 7 heteroatoms. The first-order valence-electron chi connectivity index (χ1n) is 12.2. The molecule has 4 aromatic rings. The van der Waals surface area contributed by atoms with E-state index in [4.69, 9.17) is 14.5 Å². The van der Waals surface area contributed by atoms with Gasteiger partial charge in [-0.1, -0.05) is 0 Å². The van der Waals surface area contributed by atoms with Gasteiger partial charge in [-0.3, -0.25) is 9.36 Å². The third kappa shape index (κ3) is 4.19. The van der Waals surface area contributed by atoms with Crippen LogP contribution in [0.1, 0.15) is 52.6 Å². The van der Waals surface area contributed by atoms with Gasteiger partial charge < -0.3 is 14.4 Å². The predicted octanol–water partition coefficient (Wildman–Crippen LogP) is 6.17. The zero-order valence-corrected chi connectivity index (χ0v) is 21.0. The molecule has 1 aliphatic heterocycles. The summed E-state index contributed by atoms with van der Waals surface area (Å²) in [6.45, 7) is 4.52. The van der Waals surface area contributed by atoms with Gasteiger partial charge in [-0.2, -0.15) is 0 Å². The Labute approximate surface area is 210 Å². The summed E-state index contributed by atoms with van der Waals surface area (Å²) < 4.78 is 26.9. The van der Waals surface area contributed by atoms with Crippen LogP contribution in [0.5, 0.6) is 11.5 Å². The van der Waals surface area contributed by atoms with E-state index in [0.717, 1.165) is 58.9 Å². The molecule has 1 aromatic heterocycles. The summed E-state index contributed by atoms with van der Waals surface area (Å²) >= 11 is 0. The minimum atomic E-state index is -0.338. The number of rotatable bonds is 5. The highest BCUT2D eigenvalue weighted by atomic mass is 19.1. The molecule has 1 atom stereocenters. The molecule has 1 saturated heterocycles. The molecule has 0 N–H and O–H groups in total. The molecule has 186 valence electrons. The van der Waals surface area contributed by atoms with Crippen molar-refractivity contribution in [3.63, 3.8) is 0 Å². The number of halogens is 1. The Morgan fingerprint density at radius 3 is 2.31 bits per heavy atom. The number of likely N-dealkylation sites (tertiary alicyclic amines) is 1. The lowest BCUT2D eigenvalue weighted by Crippen LogP contribution is -2.40. The van der Waals surface area contributed by atoms with E-state index in [0.29, 0.717) is 17.6 Å². The van der Waals surface area contributed by atoms with Crippen molar-refractivity contribution in [2.75, 3.05) is 20.8 Å². The number of fused-ring (bicyclic) bond motifs is 1. The van der Waals surface area contributed by atoms with E-state index >= 15 is 0 Å². The lowest BCUT2D eigenvalue weighted by atomic mass is 9.96. The Kier molecular flexibility index (Phi) is 6.39. The van der Waals surface area contributed by atoms with E-state index in [1.165, 1.54) is 12.1 Å². The van der Waals surface area contributed by atoms with Gasteiger partial charge in [0, 0.05) is 23.9 Å². The number of methoxy groups -OCH3 is 2. The summed E-state index contributed by atoms with van der Waals surface area (Å²) in [5.41, 5.74) is 4.70. The molecule has 2 heterocycles. The number of aromatic nitrogens is 2. The molecule has 5 rings (SSSR count). The van der Waals surface area contributed by atoms with Crippen molar-refractivity contribution in [2.45, 2.75) is 39.2 Å². The number of nitrogens with zero attached hydrogens (tertiary/aromatic N) is 3. The van der Waals surface area contributed by atoms with Crippen LogP contribution in [-0.4, -0.2) is 41.1 Å². The maximum absolute atomic E-state index is 14.2. The Balaban J connectivity index is 1.64. The standard InChI is InChI=1S/C29H30FN3O3/c1-18-15-23(36-4)16-19(2)27(18)29(34)32-14-6-5-7-26(32)28-31-24-17-20(30)8-13-25(24)33(28)21-9-11-22(35-3)12-10-21/h8-13,15-17,26H,5-7,14H2,1-4H3. The van der Waals surface area contributed by atoms with Crippen LogP contribution in [0.15, 0.2) is 54.6 Å². The molecule has 0 aliphatic carbocycles. The van der Waals surface area contributed by atoms with Crippen molar-refractivity contribution in [1.82, 2.24) is 14.5 Å². The molecule has 1 unspecified atom stereocenters. The van der Waals surface area contributed by atoms with E-state index < -0.39 is 0 Å². The number of aryl methyl sites for hydroxylation is 2. The summed E-state index contributed by atoms with van der Waals surface area (Å²) in [5.74, 6) is 1.86. The van der Waals surface area contributed by atoms with Gasteiger partial charge >= 0.3 is 0 Å². The number of ether oxygens (including phenoxy) is 2. The minimum absolute atomic E-state index is 0.0168. The molecule has 1 fully saturated rings. The fourth-order valence-corrected chi connectivity index (χ4v) is 5.26. The molecule has 1 aliphatic rings. The van der Waals surface area contributed by atoms with Crippen molar-refractivity contribution < 1.29 is 18.7 Å². The van der Waals surface area contributed by atoms with Gasteiger partial charge in [0.1, 0.15) is 23.1 Å². The number of amides is 1. The van der Waals surface area contributed by atoms with E-state index in [9.17, 15) is 9.18 Å². The first-order valence-corrected chi connectivity index (χ1v) is 12.2. The summed E-state index contributed by atoms with van der Waals surface area (Å²) in [7, 11) is 3.26. The zero-order chi connectivity index (χ0) is 25.4. The molecule has 6 nitrogen and oxygen atoms in total. The highest BCUT2D eigenvalue weighted by Crippen LogP contribution is 2.37. The van der Waals surface area contributed by atoms with Crippen LogP contribution in [0.2, 0.25) is 0 Å². The Morgan fingerprint density at radius 1 is 0.944 bits per heavy atom. The molecule has 36 heavy (non-hydrogen) atoms. The Bertz CT molecular complexity index is 1400. The fourth-order valence-electron chi connectivity index (χ4n) is 5.26. The smallest absolute Gasteiger partial charge is 0.255 e. The monoisotopic (exact) mass is 487 g/mol. The van der Waals surface area contributed by atoms with Crippen LogP contribution in [-0.2, 0) is 0 Å². The summed E-state index contributed by atoms with van der Waals surface area (Å²) in [5, 5.41) is 0. The van der Waals surface area contributed by atoms with Crippen LogP contribution in [0, 0.1) is 19.7 Å². The number of hydrogen-bond acceptors (Lipinski definition) is 4. The average molecular weight is 488 g/mol. The SMILES string of the molecule is COc1ccc(-n2c(C3CCCCN3C(=O)c3c(C)cc(OC)cc3C)nc3cc(F)ccc32)cc1. The lowest BCUT2D eigenvalue weighted by molar-refractivity contribution is 0.0597. The van der Waals surface area contributed by atoms with Gasteiger partial charge in [0.25, 0.3) is 5.91 Å². The van der Waals surface area contributed by atoms with Crippen molar-refractivity contribution in [1.29, 1.82) is 0 Å². The van der Waals surface area contributed by atoms with Gasteiger partial charge in [0.2, 0.25) is 0 Å².